The van der Waals surface area contributed by atoms with Crippen LogP contribution in [0.5, 0.6) is 0 Å². The van der Waals surface area contributed by atoms with Crippen LogP contribution in [-0.4, -0.2) is 26.0 Å². The fraction of sp³-hybridized carbons (Fsp3) is 0. The SMILES string of the molecule is O=C(O)Nc1cccn2nncc12. The second-order valence-electron chi connectivity index (χ2n) is 2.42. The summed E-state index contributed by atoms with van der Waals surface area (Å²) in [6.45, 7) is 0. The van der Waals surface area contributed by atoms with Gasteiger partial charge in [-0.3, -0.25) is 5.32 Å². The van der Waals surface area contributed by atoms with E-state index in [1.807, 2.05) is 0 Å². The van der Waals surface area contributed by atoms with Crippen molar-refractivity contribution in [1.82, 2.24) is 14.8 Å². The first-order valence-electron chi connectivity index (χ1n) is 3.56. The number of anilines is 1. The molecule has 2 heterocycles. The van der Waals surface area contributed by atoms with Gasteiger partial charge in [0, 0.05) is 6.20 Å². The molecule has 0 aromatic carbocycles. The number of carbonyl (C=O) groups is 1. The van der Waals surface area contributed by atoms with Crippen LogP contribution in [0.4, 0.5) is 10.5 Å². The lowest BCUT2D eigenvalue weighted by Gasteiger charge is -2.00. The molecule has 0 bridgehead atoms. The first kappa shape index (κ1) is 7.53. The molecule has 6 heteroatoms. The number of amides is 1. The Morgan fingerprint density at radius 2 is 2.46 bits per heavy atom. The molecule has 2 N–H and O–H groups in total. The van der Waals surface area contributed by atoms with Crippen LogP contribution < -0.4 is 5.32 Å². The molecule has 0 saturated carbocycles. The molecular weight excluding hydrogens is 172 g/mol. The van der Waals surface area contributed by atoms with Crippen LogP contribution in [-0.2, 0) is 0 Å². The average molecular weight is 178 g/mol. The summed E-state index contributed by atoms with van der Waals surface area (Å²) in [7, 11) is 0. The van der Waals surface area contributed by atoms with Crippen molar-refractivity contribution in [2.75, 3.05) is 5.32 Å². The van der Waals surface area contributed by atoms with E-state index in [0.717, 1.165) is 0 Å². The predicted octanol–water partition coefficient (Wildman–Crippen LogP) is 0.819. The highest BCUT2D eigenvalue weighted by Gasteiger charge is 2.03. The Labute approximate surface area is 72.8 Å². The number of nitrogens with zero attached hydrogens (tertiary/aromatic N) is 3. The molecule has 0 saturated heterocycles. The van der Waals surface area contributed by atoms with Crippen molar-refractivity contribution in [3.8, 4) is 0 Å². The van der Waals surface area contributed by atoms with Crippen molar-refractivity contribution < 1.29 is 9.90 Å². The Morgan fingerprint density at radius 1 is 1.62 bits per heavy atom. The van der Waals surface area contributed by atoms with Crippen molar-refractivity contribution in [3.63, 3.8) is 0 Å². The standard InChI is InChI=1S/C7H6N4O2/c12-7(13)9-5-2-1-3-11-6(5)4-8-10-11/h1-4,9H,(H,12,13). The molecule has 2 rings (SSSR count). The zero-order chi connectivity index (χ0) is 9.26. The first-order valence-corrected chi connectivity index (χ1v) is 3.56. The first-order chi connectivity index (χ1) is 6.27. The van der Waals surface area contributed by atoms with Gasteiger partial charge in [0.2, 0.25) is 0 Å². The molecule has 2 aromatic heterocycles. The van der Waals surface area contributed by atoms with E-state index < -0.39 is 6.09 Å². The van der Waals surface area contributed by atoms with Gasteiger partial charge >= 0.3 is 6.09 Å². The van der Waals surface area contributed by atoms with Crippen molar-refractivity contribution in [3.05, 3.63) is 24.5 Å². The molecule has 13 heavy (non-hydrogen) atoms. The van der Waals surface area contributed by atoms with Gasteiger partial charge < -0.3 is 5.11 Å². The van der Waals surface area contributed by atoms with Gasteiger partial charge in [-0.15, -0.1) is 5.10 Å². The summed E-state index contributed by atoms with van der Waals surface area (Å²) in [6, 6.07) is 3.33. The summed E-state index contributed by atoms with van der Waals surface area (Å²) >= 11 is 0. The third-order valence-corrected chi connectivity index (χ3v) is 1.58. The lowest BCUT2D eigenvalue weighted by molar-refractivity contribution is 0.210. The molecule has 0 unspecified atom stereocenters. The lowest BCUT2D eigenvalue weighted by atomic mass is 10.3. The third kappa shape index (κ3) is 1.28. The van der Waals surface area contributed by atoms with Crippen molar-refractivity contribution >= 4 is 17.3 Å². The molecule has 6 nitrogen and oxygen atoms in total. The monoisotopic (exact) mass is 178 g/mol. The molecular formula is C7H6N4O2. The topological polar surface area (TPSA) is 79.5 Å². The van der Waals surface area contributed by atoms with Gasteiger partial charge in [-0.05, 0) is 12.1 Å². The number of hydrogen-bond donors (Lipinski definition) is 2. The maximum atomic E-state index is 10.4. The van der Waals surface area contributed by atoms with E-state index in [1.54, 1.807) is 18.3 Å². The predicted molar refractivity (Wildman–Crippen MR) is 44.6 cm³/mol. The third-order valence-electron chi connectivity index (χ3n) is 1.58. The minimum atomic E-state index is -1.10. The number of carboxylic acid groups (broad SMARTS) is 1. The van der Waals surface area contributed by atoms with E-state index in [1.165, 1.54) is 10.7 Å². The number of hydrogen-bond acceptors (Lipinski definition) is 3. The smallest absolute Gasteiger partial charge is 0.409 e. The van der Waals surface area contributed by atoms with E-state index in [-0.39, 0.29) is 0 Å². The van der Waals surface area contributed by atoms with Crippen LogP contribution in [0.2, 0.25) is 0 Å². The number of aromatic nitrogens is 3. The number of rotatable bonds is 1. The summed E-state index contributed by atoms with van der Waals surface area (Å²) in [5.41, 5.74) is 1.10. The molecule has 0 aliphatic rings. The molecule has 0 atom stereocenters. The Balaban J connectivity index is 2.54. The maximum Gasteiger partial charge on any atom is 0.409 e. The highest BCUT2D eigenvalue weighted by atomic mass is 16.4. The Kier molecular flexibility index (Phi) is 1.59. The number of fused-ring (bicyclic) bond motifs is 1. The molecule has 0 aliphatic heterocycles. The van der Waals surface area contributed by atoms with Gasteiger partial charge in [0.1, 0.15) is 5.52 Å². The summed E-state index contributed by atoms with van der Waals surface area (Å²) in [6.07, 6.45) is 2.08. The molecule has 2 aromatic rings. The van der Waals surface area contributed by atoms with Gasteiger partial charge in [0.05, 0.1) is 11.9 Å². The summed E-state index contributed by atoms with van der Waals surface area (Å²) in [5, 5.41) is 18.1. The minimum Gasteiger partial charge on any atom is -0.465 e. The van der Waals surface area contributed by atoms with Gasteiger partial charge in [-0.2, -0.15) is 0 Å². The Hall–Kier alpha value is -2.11. The van der Waals surface area contributed by atoms with Crippen LogP contribution in [0.1, 0.15) is 0 Å². The van der Waals surface area contributed by atoms with E-state index in [2.05, 4.69) is 15.6 Å². The van der Waals surface area contributed by atoms with Crippen LogP contribution in [0.25, 0.3) is 5.52 Å². The van der Waals surface area contributed by atoms with Crippen molar-refractivity contribution in [2.45, 2.75) is 0 Å². The van der Waals surface area contributed by atoms with Gasteiger partial charge in [0.15, 0.2) is 0 Å². The van der Waals surface area contributed by atoms with Crippen molar-refractivity contribution in [1.29, 1.82) is 0 Å². The van der Waals surface area contributed by atoms with Crippen LogP contribution in [0, 0.1) is 0 Å². The summed E-state index contributed by atoms with van der Waals surface area (Å²) < 4.78 is 1.49. The van der Waals surface area contributed by atoms with Crippen LogP contribution >= 0.6 is 0 Å². The largest absolute Gasteiger partial charge is 0.465 e. The number of nitrogens with one attached hydrogen (secondary N) is 1. The molecule has 1 amide bonds. The number of pyridine rings is 1. The van der Waals surface area contributed by atoms with Gasteiger partial charge in [-0.25, -0.2) is 9.31 Å². The minimum absolute atomic E-state index is 0.472. The fourth-order valence-corrected chi connectivity index (χ4v) is 1.07. The summed E-state index contributed by atoms with van der Waals surface area (Å²) in [5.74, 6) is 0. The van der Waals surface area contributed by atoms with E-state index >= 15 is 0 Å². The van der Waals surface area contributed by atoms with Crippen LogP contribution in [0.15, 0.2) is 24.5 Å². The zero-order valence-electron chi connectivity index (χ0n) is 6.51. The average Bonchev–Trinajstić information content (AvgIpc) is 2.51. The molecule has 66 valence electrons. The molecule has 0 radical (unpaired) electrons. The quantitative estimate of drug-likeness (QED) is 0.677. The molecule has 0 aliphatic carbocycles. The molecule has 0 fully saturated rings. The summed E-state index contributed by atoms with van der Waals surface area (Å²) in [4.78, 5) is 10.4. The van der Waals surface area contributed by atoms with E-state index in [4.69, 9.17) is 5.11 Å². The van der Waals surface area contributed by atoms with Gasteiger partial charge in [-0.1, -0.05) is 5.21 Å². The van der Waals surface area contributed by atoms with E-state index in [9.17, 15) is 4.79 Å². The normalized spacial score (nSPS) is 10.2. The van der Waals surface area contributed by atoms with Crippen molar-refractivity contribution in [2.24, 2.45) is 0 Å². The second-order valence-corrected chi connectivity index (χ2v) is 2.42. The van der Waals surface area contributed by atoms with Crippen LogP contribution in [0.3, 0.4) is 0 Å². The van der Waals surface area contributed by atoms with E-state index in [0.29, 0.717) is 11.2 Å². The Bertz CT molecular complexity index is 450. The lowest BCUT2D eigenvalue weighted by Crippen LogP contribution is -2.08. The zero-order valence-corrected chi connectivity index (χ0v) is 6.51. The van der Waals surface area contributed by atoms with Gasteiger partial charge in [0.25, 0.3) is 0 Å². The highest BCUT2D eigenvalue weighted by Crippen LogP contribution is 2.13. The maximum absolute atomic E-state index is 10.4. The fourth-order valence-electron chi connectivity index (χ4n) is 1.07. The molecule has 0 spiro atoms. The second kappa shape index (κ2) is 2.74. The highest BCUT2D eigenvalue weighted by molar-refractivity contribution is 5.88. The Morgan fingerprint density at radius 3 is 3.23 bits per heavy atom.